The summed E-state index contributed by atoms with van der Waals surface area (Å²) in [6, 6.07) is 2.25. The molecule has 1 aromatic rings. The molecule has 0 aliphatic heterocycles. The number of nitrogens with zero attached hydrogens (tertiary/aromatic N) is 2. The fraction of sp³-hybridized carbons (Fsp3) is 0.636. The highest BCUT2D eigenvalue weighted by molar-refractivity contribution is 6.18. The molecule has 0 aromatic carbocycles. The number of alkyl halides is 1. The minimum absolute atomic E-state index is 0.266. The van der Waals surface area contributed by atoms with Crippen LogP contribution in [0.1, 0.15) is 25.8 Å². The van der Waals surface area contributed by atoms with Gasteiger partial charge >= 0.3 is 0 Å². The molecule has 0 amide bonds. The second-order valence-corrected chi connectivity index (χ2v) is 4.55. The van der Waals surface area contributed by atoms with E-state index in [9.17, 15) is 0 Å². The first-order valence-electron chi connectivity index (χ1n) is 5.23. The van der Waals surface area contributed by atoms with E-state index in [1.807, 2.05) is 13.0 Å². The van der Waals surface area contributed by atoms with Crippen molar-refractivity contribution in [2.75, 3.05) is 11.2 Å². The van der Waals surface area contributed by atoms with Gasteiger partial charge < -0.3 is 5.32 Å². The smallest absolute Gasteiger partial charge is 0.149 e. The van der Waals surface area contributed by atoms with Crippen molar-refractivity contribution in [2.24, 2.45) is 5.92 Å². The summed E-state index contributed by atoms with van der Waals surface area (Å²) >= 11 is 5.89. The molecule has 0 aliphatic carbocycles. The van der Waals surface area contributed by atoms with E-state index in [1.54, 1.807) is 6.20 Å². The quantitative estimate of drug-likeness (QED) is 0.787. The number of halogens is 1. The van der Waals surface area contributed by atoms with Gasteiger partial charge in [0.05, 0.1) is 6.20 Å². The van der Waals surface area contributed by atoms with Gasteiger partial charge in [-0.1, -0.05) is 13.8 Å². The van der Waals surface area contributed by atoms with Crippen molar-refractivity contribution in [3.05, 3.63) is 17.8 Å². The highest BCUT2D eigenvalue weighted by Gasteiger charge is 2.10. The molecule has 0 saturated carbocycles. The van der Waals surface area contributed by atoms with Gasteiger partial charge in [-0.15, -0.1) is 16.7 Å². The van der Waals surface area contributed by atoms with Gasteiger partial charge in [0.15, 0.2) is 0 Å². The van der Waals surface area contributed by atoms with Crippen LogP contribution < -0.4 is 5.32 Å². The maximum atomic E-state index is 5.89. The Morgan fingerprint density at radius 2 is 2.20 bits per heavy atom. The van der Waals surface area contributed by atoms with Crippen LogP contribution in [0.5, 0.6) is 0 Å². The van der Waals surface area contributed by atoms with Crippen molar-refractivity contribution >= 4 is 17.4 Å². The van der Waals surface area contributed by atoms with Crippen LogP contribution in [0, 0.1) is 12.8 Å². The van der Waals surface area contributed by atoms with E-state index < -0.39 is 0 Å². The second kappa shape index (κ2) is 5.91. The third kappa shape index (κ3) is 4.47. The van der Waals surface area contributed by atoms with Gasteiger partial charge in [0.1, 0.15) is 5.82 Å². The monoisotopic (exact) mass is 227 g/mol. The van der Waals surface area contributed by atoms with E-state index in [1.165, 1.54) is 0 Å². The van der Waals surface area contributed by atoms with Gasteiger partial charge in [0.25, 0.3) is 0 Å². The molecule has 0 spiro atoms. The first kappa shape index (κ1) is 12.2. The van der Waals surface area contributed by atoms with Gasteiger partial charge in [-0.3, -0.25) is 0 Å². The molecule has 4 heteroatoms. The lowest BCUT2D eigenvalue weighted by Crippen LogP contribution is -2.24. The number of anilines is 1. The number of aromatic nitrogens is 2. The van der Waals surface area contributed by atoms with Crippen LogP contribution in [0.2, 0.25) is 0 Å². The number of aryl methyl sites for hydroxylation is 1. The highest BCUT2D eigenvalue weighted by Crippen LogP contribution is 2.12. The van der Waals surface area contributed by atoms with E-state index in [2.05, 4.69) is 29.4 Å². The summed E-state index contributed by atoms with van der Waals surface area (Å²) in [5.74, 6) is 2.02. The topological polar surface area (TPSA) is 37.8 Å². The van der Waals surface area contributed by atoms with Gasteiger partial charge in [0.2, 0.25) is 0 Å². The molecule has 1 rings (SSSR count). The Morgan fingerprint density at radius 1 is 1.47 bits per heavy atom. The van der Waals surface area contributed by atoms with Crippen molar-refractivity contribution in [3.8, 4) is 0 Å². The highest BCUT2D eigenvalue weighted by atomic mass is 35.5. The maximum absolute atomic E-state index is 5.89. The van der Waals surface area contributed by atoms with Gasteiger partial charge in [-0.2, -0.15) is 5.10 Å². The Labute approximate surface area is 96.2 Å². The predicted molar refractivity (Wildman–Crippen MR) is 64.4 cm³/mol. The molecule has 1 unspecified atom stereocenters. The molecular weight excluding hydrogens is 210 g/mol. The normalized spacial score (nSPS) is 12.9. The van der Waals surface area contributed by atoms with Crippen LogP contribution in [0.4, 0.5) is 5.82 Å². The zero-order valence-corrected chi connectivity index (χ0v) is 10.3. The molecule has 0 radical (unpaired) electrons. The number of rotatable bonds is 5. The Hall–Kier alpha value is -0.830. The molecule has 0 aliphatic rings. The molecule has 15 heavy (non-hydrogen) atoms. The van der Waals surface area contributed by atoms with Gasteiger partial charge in [-0.05, 0) is 30.9 Å². The molecule has 0 fully saturated rings. The summed E-state index contributed by atoms with van der Waals surface area (Å²) in [7, 11) is 0. The minimum Gasteiger partial charge on any atom is -0.365 e. The van der Waals surface area contributed by atoms with E-state index in [0.29, 0.717) is 11.8 Å². The number of hydrogen-bond acceptors (Lipinski definition) is 3. The average Bonchev–Trinajstić information content (AvgIpc) is 2.16. The fourth-order valence-corrected chi connectivity index (χ4v) is 1.68. The van der Waals surface area contributed by atoms with Gasteiger partial charge in [-0.25, -0.2) is 0 Å². The molecule has 3 nitrogen and oxygen atoms in total. The Bertz CT molecular complexity index is 302. The molecule has 0 bridgehead atoms. The van der Waals surface area contributed by atoms with E-state index in [0.717, 1.165) is 17.8 Å². The minimum atomic E-state index is 0.266. The molecule has 1 heterocycles. The second-order valence-electron chi connectivity index (χ2n) is 4.24. The molecule has 0 saturated heterocycles. The van der Waals surface area contributed by atoms with Crippen LogP contribution in [0.3, 0.4) is 0 Å². The average molecular weight is 228 g/mol. The van der Waals surface area contributed by atoms with Crippen LogP contribution in [0.25, 0.3) is 0 Å². The van der Waals surface area contributed by atoms with Crippen molar-refractivity contribution in [2.45, 2.75) is 33.2 Å². The standard InChI is InChI=1S/C11H18ClN3/c1-8(2)4-10(6-12)14-11-5-9(3)7-13-15-11/h5,7-8,10H,4,6H2,1-3H3,(H,14,15). The summed E-state index contributed by atoms with van der Waals surface area (Å²) in [5, 5.41) is 11.2. The van der Waals surface area contributed by atoms with Crippen molar-refractivity contribution in [3.63, 3.8) is 0 Å². The van der Waals surface area contributed by atoms with E-state index in [4.69, 9.17) is 11.6 Å². The molecule has 1 aromatic heterocycles. The van der Waals surface area contributed by atoms with Crippen LogP contribution in [-0.4, -0.2) is 22.1 Å². The lowest BCUT2D eigenvalue weighted by Gasteiger charge is -2.18. The maximum Gasteiger partial charge on any atom is 0.149 e. The van der Waals surface area contributed by atoms with E-state index >= 15 is 0 Å². The molecule has 1 atom stereocenters. The van der Waals surface area contributed by atoms with Crippen molar-refractivity contribution < 1.29 is 0 Å². The summed E-state index contributed by atoms with van der Waals surface area (Å²) < 4.78 is 0. The first-order valence-corrected chi connectivity index (χ1v) is 5.77. The summed E-state index contributed by atoms with van der Waals surface area (Å²) in [5.41, 5.74) is 1.10. The van der Waals surface area contributed by atoms with Crippen molar-refractivity contribution in [1.82, 2.24) is 10.2 Å². The number of hydrogen-bond donors (Lipinski definition) is 1. The van der Waals surface area contributed by atoms with Crippen LogP contribution >= 0.6 is 11.6 Å². The zero-order valence-electron chi connectivity index (χ0n) is 9.50. The number of nitrogens with one attached hydrogen (secondary N) is 1. The zero-order chi connectivity index (χ0) is 11.3. The lowest BCUT2D eigenvalue weighted by atomic mass is 10.1. The molecular formula is C11H18ClN3. The Balaban J connectivity index is 2.58. The molecule has 84 valence electrons. The summed E-state index contributed by atoms with van der Waals surface area (Å²) in [6.45, 7) is 6.37. The van der Waals surface area contributed by atoms with Crippen LogP contribution in [-0.2, 0) is 0 Å². The Kier molecular flexibility index (Phi) is 4.82. The Morgan fingerprint density at radius 3 is 2.73 bits per heavy atom. The van der Waals surface area contributed by atoms with Crippen LogP contribution in [0.15, 0.2) is 12.3 Å². The summed E-state index contributed by atoms with van der Waals surface area (Å²) in [6.07, 6.45) is 2.78. The third-order valence-electron chi connectivity index (χ3n) is 2.09. The third-order valence-corrected chi connectivity index (χ3v) is 2.46. The molecule has 1 N–H and O–H groups in total. The predicted octanol–water partition coefficient (Wildman–Crippen LogP) is 2.85. The first-order chi connectivity index (χ1) is 7.11. The summed E-state index contributed by atoms with van der Waals surface area (Å²) in [4.78, 5) is 0. The van der Waals surface area contributed by atoms with Gasteiger partial charge in [0, 0.05) is 11.9 Å². The van der Waals surface area contributed by atoms with E-state index in [-0.39, 0.29) is 6.04 Å². The largest absolute Gasteiger partial charge is 0.365 e. The van der Waals surface area contributed by atoms with Crippen molar-refractivity contribution in [1.29, 1.82) is 0 Å². The lowest BCUT2D eigenvalue weighted by molar-refractivity contribution is 0.541. The fourth-order valence-electron chi connectivity index (χ4n) is 1.47. The SMILES string of the molecule is Cc1cnnc(NC(CCl)CC(C)C)c1.